The van der Waals surface area contributed by atoms with Gasteiger partial charge in [-0.1, -0.05) is 144 Å². The summed E-state index contributed by atoms with van der Waals surface area (Å²) < 4.78 is 6.76. The maximum atomic E-state index is 6.76. The summed E-state index contributed by atoms with van der Waals surface area (Å²) in [5, 5.41) is 2.01. The third kappa shape index (κ3) is 6.89. The van der Waals surface area contributed by atoms with Crippen molar-refractivity contribution >= 4 is 225 Å². The van der Waals surface area contributed by atoms with E-state index in [1.54, 1.807) is 0 Å². The second kappa shape index (κ2) is 16.6. The van der Waals surface area contributed by atoms with Gasteiger partial charge in [0.1, 0.15) is 121 Å². The Morgan fingerprint density at radius 1 is 0.344 bits per heavy atom. The summed E-state index contributed by atoms with van der Waals surface area (Å²) in [6.07, 6.45) is 0. The van der Waals surface area contributed by atoms with E-state index in [4.69, 9.17) is 19.4 Å². The maximum Gasteiger partial charge on any atom is 0.164 e. The van der Waals surface area contributed by atoms with Crippen molar-refractivity contribution < 1.29 is 4.42 Å². The predicted molar refractivity (Wildman–Crippen MR) is 318 cm³/mol. The molecule has 5 nitrogen and oxygen atoms in total. The van der Waals surface area contributed by atoms with Gasteiger partial charge < -0.3 is 9.32 Å². The fourth-order valence-electron chi connectivity index (χ4n) is 10.1. The van der Waals surface area contributed by atoms with Gasteiger partial charge in [-0.3, -0.25) is 0 Å². The molecule has 0 aliphatic rings. The van der Waals surface area contributed by atoms with Crippen LogP contribution in [0.2, 0.25) is 0 Å². The average Bonchev–Trinajstić information content (AvgIpc) is 3.69. The van der Waals surface area contributed by atoms with Gasteiger partial charge >= 0.3 is 0 Å². The minimum absolute atomic E-state index is 0.608. The van der Waals surface area contributed by atoms with Crippen LogP contribution < -0.4 is 81.4 Å². The van der Waals surface area contributed by atoms with Gasteiger partial charge in [-0.2, -0.15) is 0 Å². The molecular weight excluding hydrogens is 764 g/mol. The van der Waals surface area contributed by atoms with Gasteiger partial charge in [0, 0.05) is 44.5 Å². The number of hydrogen-bond acceptors (Lipinski definition) is 5. The quantitative estimate of drug-likeness (QED) is 0.150. The summed E-state index contributed by atoms with van der Waals surface area (Å²) >= 11 is 0. The molecule has 0 bridgehead atoms. The van der Waals surface area contributed by atoms with Crippen LogP contribution in [0.1, 0.15) is 0 Å². The first-order chi connectivity index (χ1) is 30.6. The number of furan rings is 1. The molecule has 9 aromatic rings. The third-order valence-electron chi connectivity index (χ3n) is 14.9. The smallest absolute Gasteiger partial charge is 0.164 e. The summed E-state index contributed by atoms with van der Waals surface area (Å²) in [5.41, 5.74) is 29.1. The Kier molecular flexibility index (Phi) is 11.2. The van der Waals surface area contributed by atoms with Gasteiger partial charge in [0.2, 0.25) is 0 Å². The van der Waals surface area contributed by atoms with E-state index in [-0.39, 0.29) is 0 Å². The zero-order chi connectivity index (χ0) is 45.5. The minimum atomic E-state index is 0.608. The molecular formula is C45H44B14N4O. The predicted octanol–water partition coefficient (Wildman–Crippen LogP) is -12.5. The summed E-state index contributed by atoms with van der Waals surface area (Å²) in [6.45, 7) is 0. The van der Waals surface area contributed by atoms with Gasteiger partial charge in [0.05, 0.1) is 0 Å². The highest BCUT2D eigenvalue weighted by Gasteiger charge is 2.29. The lowest BCUT2D eigenvalue weighted by atomic mass is 9.59. The maximum absolute atomic E-state index is 6.76. The molecule has 292 valence electrons. The third-order valence-corrected chi connectivity index (χ3v) is 14.9. The lowest BCUT2D eigenvalue weighted by molar-refractivity contribution is 0.669. The molecule has 7 aromatic carbocycles. The number of hydrogen-bond donors (Lipinski definition) is 0. The number of anilines is 3. The molecule has 0 spiro atoms. The first-order valence-electron chi connectivity index (χ1n) is 22.5. The summed E-state index contributed by atoms with van der Waals surface area (Å²) in [4.78, 5) is 17.8. The summed E-state index contributed by atoms with van der Waals surface area (Å²) in [7, 11) is 32.2. The fraction of sp³-hybridized carbons (Fsp3) is 0. The number of aromatic nitrogens is 3. The van der Waals surface area contributed by atoms with Gasteiger partial charge in [0.25, 0.3) is 0 Å². The van der Waals surface area contributed by atoms with Crippen LogP contribution in [0.4, 0.5) is 17.1 Å². The van der Waals surface area contributed by atoms with Crippen molar-refractivity contribution in [1.82, 2.24) is 15.0 Å². The molecule has 0 saturated heterocycles. The molecule has 0 saturated carbocycles. The van der Waals surface area contributed by atoms with Gasteiger partial charge in [-0.15, -0.1) is 10.9 Å². The molecule has 19 heteroatoms. The largest absolute Gasteiger partial charge is 0.456 e. The Balaban J connectivity index is 1.24. The highest BCUT2D eigenvalue weighted by atomic mass is 16.3. The minimum Gasteiger partial charge on any atom is -0.456 e. The highest BCUT2D eigenvalue weighted by molar-refractivity contribution is 6.72. The molecule has 0 unspecified atom stereocenters. The van der Waals surface area contributed by atoms with E-state index in [1.165, 1.54) is 99.1 Å². The lowest BCUT2D eigenvalue weighted by Crippen LogP contribution is -2.60. The van der Waals surface area contributed by atoms with Gasteiger partial charge in [-0.05, 0) is 29.3 Å². The van der Waals surface area contributed by atoms with E-state index < -0.39 is 0 Å². The Morgan fingerprint density at radius 3 is 1.20 bits per heavy atom. The van der Waals surface area contributed by atoms with Crippen LogP contribution >= 0.6 is 0 Å². The van der Waals surface area contributed by atoms with Crippen LogP contribution in [0.25, 0.3) is 67.2 Å². The summed E-state index contributed by atoms with van der Waals surface area (Å²) in [6, 6.07) is 33.1. The highest BCUT2D eigenvalue weighted by Crippen LogP contribution is 2.38. The SMILES string of the molecule is Bc1c(B)c(B)c(N(c2c(B)c(B)c(B)c(B)c2B)c2c(B)c(B)c(-c3ccc4c(c3)oc3cccc(-c5nc(-c6ccccc6)nc(-c6ccccc6)n5)c34)c(B)c2B)c(B)c1B. The van der Waals surface area contributed by atoms with E-state index >= 15 is 0 Å². The Morgan fingerprint density at radius 2 is 0.750 bits per heavy atom. The second-order valence-electron chi connectivity index (χ2n) is 18.0. The molecule has 0 aliphatic carbocycles. The lowest BCUT2D eigenvalue weighted by Gasteiger charge is -2.39. The molecule has 0 radical (unpaired) electrons. The van der Waals surface area contributed by atoms with Gasteiger partial charge in [0.15, 0.2) is 17.5 Å². The van der Waals surface area contributed by atoms with Crippen molar-refractivity contribution in [3.63, 3.8) is 0 Å². The Bertz CT molecular complexity index is 3190. The Labute approximate surface area is 389 Å². The zero-order valence-electron chi connectivity index (χ0n) is 39.9. The van der Waals surface area contributed by atoms with Crippen LogP contribution in [-0.2, 0) is 0 Å². The van der Waals surface area contributed by atoms with E-state index in [0.717, 1.165) is 44.2 Å². The molecule has 2 heterocycles. The molecule has 2 aromatic heterocycles. The number of fused-ring (bicyclic) bond motifs is 3. The first kappa shape index (κ1) is 43.3. The van der Waals surface area contributed by atoms with Crippen molar-refractivity contribution in [2.75, 3.05) is 4.90 Å². The van der Waals surface area contributed by atoms with E-state index in [1.807, 2.05) is 72.8 Å². The fourth-order valence-corrected chi connectivity index (χ4v) is 10.1. The molecule has 64 heavy (non-hydrogen) atoms. The van der Waals surface area contributed by atoms with Crippen molar-refractivity contribution in [2.45, 2.75) is 0 Å². The Hall–Kier alpha value is -5.94. The number of rotatable bonds is 7. The van der Waals surface area contributed by atoms with Crippen LogP contribution in [-0.4, -0.2) is 125 Å². The normalized spacial score (nSPS) is 11.4. The molecule has 0 aliphatic heterocycles. The van der Waals surface area contributed by atoms with E-state index in [2.05, 4.69) is 139 Å². The monoisotopic (exact) mass is 810 g/mol. The van der Waals surface area contributed by atoms with Crippen LogP contribution in [0, 0.1) is 0 Å². The summed E-state index contributed by atoms with van der Waals surface area (Å²) in [5.74, 6) is 1.87. The van der Waals surface area contributed by atoms with E-state index in [0.29, 0.717) is 17.5 Å². The molecule has 0 N–H and O–H groups in total. The molecule has 0 atom stereocenters. The first-order valence-corrected chi connectivity index (χ1v) is 22.5. The number of nitrogens with zero attached hydrogens (tertiary/aromatic N) is 4. The van der Waals surface area contributed by atoms with E-state index in [9.17, 15) is 0 Å². The van der Waals surface area contributed by atoms with Crippen LogP contribution in [0.3, 0.4) is 0 Å². The molecule has 0 fully saturated rings. The molecule has 0 amide bonds. The van der Waals surface area contributed by atoms with Crippen LogP contribution in [0.5, 0.6) is 0 Å². The van der Waals surface area contributed by atoms with Crippen molar-refractivity contribution in [3.8, 4) is 45.3 Å². The van der Waals surface area contributed by atoms with Gasteiger partial charge in [-0.25, -0.2) is 15.0 Å². The molecule has 9 rings (SSSR count). The standard InChI is InChI=1S/C45H44B14N4O/c46-26-24(27(47)35(55)40(34(26)54)63(41-36(56)30(50)28(48)31(51)37(41)57)42-38(58)32(52)29(49)33(53)39(42)59)19-14-15-20-23(16-19)64-22-13-7-12-21(25(20)22)45-61-43(17-8-3-1-4-9-17)60-44(62-45)18-10-5-2-6-11-18/h1-16H,46-59H2. The second-order valence-corrected chi connectivity index (χ2v) is 18.0. The zero-order valence-corrected chi connectivity index (χ0v) is 39.9. The van der Waals surface area contributed by atoms with Crippen molar-refractivity contribution in [3.05, 3.63) is 97.1 Å². The number of benzene rings is 7. The van der Waals surface area contributed by atoms with Crippen molar-refractivity contribution in [2.24, 2.45) is 0 Å². The average molecular weight is 808 g/mol. The topological polar surface area (TPSA) is 55.1 Å². The van der Waals surface area contributed by atoms with Crippen LogP contribution in [0.15, 0.2) is 101 Å². The van der Waals surface area contributed by atoms with Crippen molar-refractivity contribution in [1.29, 1.82) is 0 Å².